The number of rotatable bonds is 12. The molecular weight excluding hydrogens is 588 g/mol. The van der Waals surface area contributed by atoms with Crippen LogP contribution in [-0.2, 0) is 14.4 Å². The van der Waals surface area contributed by atoms with Crippen LogP contribution >= 0.6 is 11.6 Å². The van der Waals surface area contributed by atoms with Gasteiger partial charge in [0, 0.05) is 30.3 Å². The molecule has 1 aromatic heterocycles. The molecule has 1 saturated heterocycles. The summed E-state index contributed by atoms with van der Waals surface area (Å²) in [5, 5.41) is 22.6. The van der Waals surface area contributed by atoms with Crippen molar-refractivity contribution in [3.63, 3.8) is 0 Å². The van der Waals surface area contributed by atoms with Gasteiger partial charge in [0.1, 0.15) is 18.2 Å². The number of carbonyl (C=O) groups excluding carboxylic acids is 4. The predicted octanol–water partition coefficient (Wildman–Crippen LogP) is 2.44. The zero-order chi connectivity index (χ0) is 32.2. The van der Waals surface area contributed by atoms with E-state index in [1.807, 2.05) is 20.8 Å². The molecule has 13 heteroatoms. The van der Waals surface area contributed by atoms with Crippen LogP contribution < -0.4 is 26.0 Å². The monoisotopic (exact) mass is 632 g/mol. The maximum atomic E-state index is 14.0. The average Bonchev–Trinajstić information content (AvgIpc) is 3.63. The predicted molar refractivity (Wildman–Crippen MR) is 165 cm³/mol. The second kappa shape index (κ2) is 14.2. The van der Waals surface area contributed by atoms with E-state index >= 15 is 0 Å². The molecule has 44 heavy (non-hydrogen) atoms. The third-order valence-corrected chi connectivity index (χ3v) is 8.28. The number of ether oxygens (including phenoxy) is 1. The SMILES string of the molecule is C=C(C)[C@H](NC(=O)NC(C)(C)C)C(=O)N1C[C@H](Oc2ccc(Cl)cn2)C[C@H]1C(=O)N[C@@H](CC1CCC1)C(O)C(=O)NC1CC1. The molecule has 1 aromatic rings. The Kier molecular flexibility index (Phi) is 10.8. The first-order valence-electron chi connectivity index (χ1n) is 15.3. The number of hydrogen-bond donors (Lipinski definition) is 5. The normalized spacial score (nSPS) is 22.2. The molecule has 5 N–H and O–H groups in total. The highest BCUT2D eigenvalue weighted by atomic mass is 35.5. The quantitative estimate of drug-likeness (QED) is 0.221. The van der Waals surface area contributed by atoms with Gasteiger partial charge in [-0.1, -0.05) is 37.4 Å². The number of carbonyl (C=O) groups is 4. The maximum Gasteiger partial charge on any atom is 0.316 e. The fraction of sp³-hybridized carbons (Fsp3) is 0.645. The molecule has 0 radical (unpaired) electrons. The minimum Gasteiger partial charge on any atom is -0.472 e. The maximum absolute atomic E-state index is 14.0. The summed E-state index contributed by atoms with van der Waals surface area (Å²) in [7, 11) is 0. The number of urea groups is 1. The van der Waals surface area contributed by atoms with Crippen molar-refractivity contribution >= 4 is 35.4 Å². The van der Waals surface area contributed by atoms with Crippen LogP contribution in [0.2, 0.25) is 5.02 Å². The number of hydrogen-bond acceptors (Lipinski definition) is 7. The van der Waals surface area contributed by atoms with E-state index in [9.17, 15) is 24.3 Å². The van der Waals surface area contributed by atoms with Crippen LogP contribution in [0.15, 0.2) is 30.5 Å². The van der Waals surface area contributed by atoms with Gasteiger partial charge in [0.15, 0.2) is 6.10 Å². The molecule has 3 aliphatic rings. The van der Waals surface area contributed by atoms with Gasteiger partial charge in [-0.2, -0.15) is 0 Å². The number of halogens is 1. The second-order valence-corrected chi connectivity index (χ2v) is 13.7. The third kappa shape index (κ3) is 9.31. The second-order valence-electron chi connectivity index (χ2n) is 13.3. The molecule has 0 bridgehead atoms. The lowest BCUT2D eigenvalue weighted by Gasteiger charge is -2.34. The molecule has 5 atom stereocenters. The minimum absolute atomic E-state index is 0.0333. The number of aliphatic hydroxyl groups is 1. The minimum atomic E-state index is -1.43. The van der Waals surface area contributed by atoms with Crippen LogP contribution in [-0.4, -0.2) is 87.2 Å². The smallest absolute Gasteiger partial charge is 0.316 e. The molecule has 5 amide bonds. The summed E-state index contributed by atoms with van der Waals surface area (Å²) in [5.41, 5.74) is -0.160. The zero-order valence-corrected chi connectivity index (χ0v) is 26.7. The van der Waals surface area contributed by atoms with E-state index in [1.165, 1.54) is 11.1 Å². The van der Waals surface area contributed by atoms with E-state index in [0.717, 1.165) is 32.1 Å². The van der Waals surface area contributed by atoms with E-state index in [2.05, 4.69) is 32.8 Å². The lowest BCUT2D eigenvalue weighted by molar-refractivity contribution is -0.141. The molecule has 1 unspecified atom stereocenters. The van der Waals surface area contributed by atoms with Gasteiger partial charge in [0.25, 0.3) is 5.91 Å². The molecule has 4 rings (SSSR count). The summed E-state index contributed by atoms with van der Waals surface area (Å²) < 4.78 is 6.03. The lowest BCUT2D eigenvalue weighted by Crippen LogP contribution is -2.59. The van der Waals surface area contributed by atoms with E-state index in [4.69, 9.17) is 16.3 Å². The van der Waals surface area contributed by atoms with E-state index in [-0.39, 0.29) is 30.8 Å². The third-order valence-electron chi connectivity index (χ3n) is 8.05. The van der Waals surface area contributed by atoms with Crippen molar-refractivity contribution in [2.45, 2.75) is 115 Å². The Labute approximate surface area is 263 Å². The molecule has 12 nitrogen and oxygen atoms in total. The lowest BCUT2D eigenvalue weighted by atomic mass is 9.79. The first-order chi connectivity index (χ1) is 20.7. The number of likely N-dealkylation sites (tertiary alicyclic amines) is 1. The van der Waals surface area contributed by atoms with Crippen molar-refractivity contribution in [3.8, 4) is 5.88 Å². The van der Waals surface area contributed by atoms with Crippen molar-refractivity contribution in [2.75, 3.05) is 6.54 Å². The van der Waals surface area contributed by atoms with E-state index in [1.54, 1.807) is 19.1 Å². The number of aliphatic hydroxyl groups excluding tert-OH is 1. The molecule has 1 aliphatic heterocycles. The molecule has 3 fully saturated rings. The van der Waals surface area contributed by atoms with Crippen LogP contribution in [0, 0.1) is 5.92 Å². The van der Waals surface area contributed by atoms with Crippen molar-refractivity contribution in [3.05, 3.63) is 35.5 Å². The van der Waals surface area contributed by atoms with Crippen LogP contribution in [0.25, 0.3) is 0 Å². The van der Waals surface area contributed by atoms with Crippen molar-refractivity contribution in [1.29, 1.82) is 0 Å². The van der Waals surface area contributed by atoms with Crippen molar-refractivity contribution in [2.24, 2.45) is 5.92 Å². The molecule has 0 spiro atoms. The van der Waals surface area contributed by atoms with Gasteiger partial charge in [-0.15, -0.1) is 0 Å². The van der Waals surface area contributed by atoms with E-state index in [0.29, 0.717) is 17.0 Å². The zero-order valence-electron chi connectivity index (χ0n) is 25.9. The number of amides is 5. The van der Waals surface area contributed by atoms with Gasteiger partial charge >= 0.3 is 6.03 Å². The number of aromatic nitrogens is 1. The highest BCUT2D eigenvalue weighted by Gasteiger charge is 2.45. The summed E-state index contributed by atoms with van der Waals surface area (Å²) in [6.07, 6.45) is 4.70. The van der Waals surface area contributed by atoms with Gasteiger partial charge in [-0.3, -0.25) is 14.4 Å². The van der Waals surface area contributed by atoms with Crippen LogP contribution in [0.5, 0.6) is 5.88 Å². The largest absolute Gasteiger partial charge is 0.472 e. The van der Waals surface area contributed by atoms with Gasteiger partial charge in [0.05, 0.1) is 17.6 Å². The number of nitrogens with one attached hydrogen (secondary N) is 4. The molecular formula is C31H45ClN6O6. The Morgan fingerprint density at radius 3 is 2.41 bits per heavy atom. The average molecular weight is 633 g/mol. The first-order valence-corrected chi connectivity index (χ1v) is 15.7. The number of nitrogens with zero attached hydrogens (tertiary/aromatic N) is 2. The van der Waals surface area contributed by atoms with Gasteiger partial charge < -0.3 is 36.0 Å². The molecule has 2 saturated carbocycles. The summed E-state index contributed by atoms with van der Waals surface area (Å²) in [6, 6.07) is -0.212. The number of pyridine rings is 1. The summed E-state index contributed by atoms with van der Waals surface area (Å²) in [5.74, 6) is -0.990. The molecule has 0 aromatic carbocycles. The Morgan fingerprint density at radius 1 is 1.16 bits per heavy atom. The Bertz CT molecular complexity index is 1230. The fourth-order valence-corrected chi connectivity index (χ4v) is 5.49. The van der Waals surface area contributed by atoms with Gasteiger partial charge in [-0.25, -0.2) is 9.78 Å². The first kappa shape index (κ1) is 33.5. The Hall–Kier alpha value is -3.38. The van der Waals surface area contributed by atoms with Crippen LogP contribution in [0.3, 0.4) is 0 Å². The fourth-order valence-electron chi connectivity index (χ4n) is 5.38. The highest BCUT2D eigenvalue weighted by Crippen LogP contribution is 2.32. The highest BCUT2D eigenvalue weighted by molar-refractivity contribution is 6.30. The van der Waals surface area contributed by atoms with Crippen molar-refractivity contribution < 1.29 is 29.0 Å². The Morgan fingerprint density at radius 2 is 1.86 bits per heavy atom. The molecule has 2 heterocycles. The van der Waals surface area contributed by atoms with Crippen molar-refractivity contribution in [1.82, 2.24) is 31.2 Å². The summed E-state index contributed by atoms with van der Waals surface area (Å²) in [4.78, 5) is 58.9. The topological polar surface area (TPSA) is 162 Å². The summed E-state index contributed by atoms with van der Waals surface area (Å²) in [6.45, 7) is 11.0. The molecule has 2 aliphatic carbocycles. The standard InChI is InChI=1S/C31H45ClN6O6/c1-17(2)25(36-30(43)37-31(3,4)5)29(42)38-16-21(44-24-12-9-19(32)15-33-24)14-23(38)27(40)35-22(13-18-7-6-8-18)26(39)28(41)34-20-10-11-20/h9,12,15,18,20-23,25-26,39H,1,6-8,10-11,13-14,16H2,2-5H3,(H,34,41)(H,35,40)(H2,36,37,43)/t21-,22+,23+,25+,26?/m1/s1. The summed E-state index contributed by atoms with van der Waals surface area (Å²) >= 11 is 5.96. The molecule has 242 valence electrons. The van der Waals surface area contributed by atoms with E-state index < -0.39 is 59.6 Å². The van der Waals surface area contributed by atoms with Crippen LogP contribution in [0.4, 0.5) is 4.79 Å². The van der Waals surface area contributed by atoms with Gasteiger partial charge in [-0.05, 0) is 64.5 Å². The van der Waals surface area contributed by atoms with Gasteiger partial charge in [0.2, 0.25) is 17.7 Å². The van der Waals surface area contributed by atoms with Crippen LogP contribution in [0.1, 0.15) is 72.6 Å². The Balaban J connectivity index is 1.54.